The maximum atomic E-state index is 9.66. The number of hydrogen-bond donors (Lipinski definition) is 2. The van der Waals surface area contributed by atoms with Crippen LogP contribution >= 0.6 is 15.9 Å². The smallest absolute Gasteiger partial charge is 0.138 e. The van der Waals surface area contributed by atoms with E-state index in [0.29, 0.717) is 5.92 Å². The second-order valence-corrected chi connectivity index (χ2v) is 6.03. The van der Waals surface area contributed by atoms with Crippen molar-refractivity contribution in [2.24, 2.45) is 5.92 Å². The lowest BCUT2D eigenvalue weighted by Gasteiger charge is -2.16. The zero-order valence-electron chi connectivity index (χ0n) is 12.4. The molecule has 1 unspecified atom stereocenters. The van der Waals surface area contributed by atoms with Gasteiger partial charge in [0.05, 0.1) is 11.1 Å². The summed E-state index contributed by atoms with van der Waals surface area (Å²) in [6, 6.07) is 5.94. The molecular weight excluding hydrogens is 322 g/mol. The van der Waals surface area contributed by atoms with Gasteiger partial charge in [-0.15, -0.1) is 0 Å². The lowest BCUT2D eigenvalue weighted by Crippen LogP contribution is -2.24. The summed E-state index contributed by atoms with van der Waals surface area (Å²) in [5.74, 6) is 1.38. The van der Waals surface area contributed by atoms with Crippen LogP contribution in [0.4, 0.5) is 0 Å². The van der Waals surface area contributed by atoms with Gasteiger partial charge in [0.15, 0.2) is 0 Å². The highest BCUT2D eigenvalue weighted by Gasteiger charge is 2.11. The van der Waals surface area contributed by atoms with Crippen molar-refractivity contribution >= 4 is 15.9 Å². The number of methoxy groups -OCH3 is 1. The van der Waals surface area contributed by atoms with Crippen LogP contribution in [0.3, 0.4) is 0 Å². The van der Waals surface area contributed by atoms with Crippen molar-refractivity contribution in [3.05, 3.63) is 28.2 Å². The van der Waals surface area contributed by atoms with Gasteiger partial charge in [-0.3, -0.25) is 0 Å². The standard InChI is InChI=1S/C15H24BrNO3/c1-11(2)7-17-8-12-5-4-6-14(16)15(12)20-10-13(18)9-19-3/h4-6,11,13,17-18H,7-10H2,1-3H3. The predicted molar refractivity (Wildman–Crippen MR) is 84.1 cm³/mol. The Balaban J connectivity index is 2.63. The summed E-state index contributed by atoms with van der Waals surface area (Å²) in [5, 5.41) is 13.1. The Hall–Kier alpha value is -0.620. The van der Waals surface area contributed by atoms with Crippen molar-refractivity contribution < 1.29 is 14.6 Å². The Labute approximate surface area is 129 Å². The Morgan fingerprint density at radius 2 is 2.05 bits per heavy atom. The molecule has 0 bridgehead atoms. The molecule has 0 saturated heterocycles. The Kier molecular flexibility index (Phi) is 8.14. The Bertz CT molecular complexity index is 399. The van der Waals surface area contributed by atoms with Gasteiger partial charge >= 0.3 is 0 Å². The largest absolute Gasteiger partial charge is 0.489 e. The van der Waals surface area contributed by atoms with Crippen molar-refractivity contribution in [1.29, 1.82) is 0 Å². The van der Waals surface area contributed by atoms with E-state index in [1.54, 1.807) is 7.11 Å². The first kappa shape index (κ1) is 17.4. The molecule has 0 radical (unpaired) electrons. The van der Waals surface area contributed by atoms with Crippen molar-refractivity contribution in [3.63, 3.8) is 0 Å². The van der Waals surface area contributed by atoms with Gasteiger partial charge in [-0.2, -0.15) is 0 Å². The molecule has 2 N–H and O–H groups in total. The number of para-hydroxylation sites is 1. The first-order chi connectivity index (χ1) is 9.54. The molecule has 0 spiro atoms. The second kappa shape index (κ2) is 9.34. The zero-order valence-corrected chi connectivity index (χ0v) is 13.9. The average Bonchev–Trinajstić information content (AvgIpc) is 2.38. The normalized spacial score (nSPS) is 12.7. The molecule has 0 amide bonds. The molecule has 0 aliphatic heterocycles. The topological polar surface area (TPSA) is 50.7 Å². The van der Waals surface area contributed by atoms with Gasteiger partial charge in [0.2, 0.25) is 0 Å². The van der Waals surface area contributed by atoms with Crippen molar-refractivity contribution in [2.75, 3.05) is 26.9 Å². The fraction of sp³-hybridized carbons (Fsp3) is 0.600. The molecule has 1 aromatic carbocycles. The summed E-state index contributed by atoms with van der Waals surface area (Å²) >= 11 is 3.49. The molecule has 20 heavy (non-hydrogen) atoms. The van der Waals surface area contributed by atoms with Gasteiger partial charge in [-0.25, -0.2) is 0 Å². The third-order valence-corrected chi connectivity index (χ3v) is 3.32. The van der Waals surface area contributed by atoms with Crippen LogP contribution in [-0.2, 0) is 11.3 Å². The van der Waals surface area contributed by atoms with E-state index in [0.717, 1.165) is 28.9 Å². The molecule has 5 heteroatoms. The number of ether oxygens (including phenoxy) is 2. The molecule has 0 heterocycles. The Morgan fingerprint density at radius 3 is 2.70 bits per heavy atom. The van der Waals surface area contributed by atoms with Gasteiger partial charge in [0.25, 0.3) is 0 Å². The van der Waals surface area contributed by atoms with Gasteiger partial charge in [0.1, 0.15) is 18.5 Å². The summed E-state index contributed by atoms with van der Waals surface area (Å²) in [4.78, 5) is 0. The van der Waals surface area contributed by atoms with Crippen LogP contribution in [0.5, 0.6) is 5.75 Å². The number of aliphatic hydroxyl groups excluding tert-OH is 1. The van der Waals surface area contributed by atoms with Crippen molar-refractivity contribution in [1.82, 2.24) is 5.32 Å². The predicted octanol–water partition coefficient (Wildman–Crippen LogP) is 2.58. The van der Waals surface area contributed by atoms with Crippen LogP contribution in [0.25, 0.3) is 0 Å². The maximum absolute atomic E-state index is 9.66. The first-order valence-electron chi connectivity index (χ1n) is 6.82. The highest BCUT2D eigenvalue weighted by molar-refractivity contribution is 9.10. The van der Waals surface area contributed by atoms with E-state index in [-0.39, 0.29) is 13.2 Å². The Morgan fingerprint density at radius 1 is 1.30 bits per heavy atom. The summed E-state index contributed by atoms with van der Waals surface area (Å²) in [6.45, 7) is 6.53. The van der Waals surface area contributed by atoms with Gasteiger partial charge < -0.3 is 19.9 Å². The fourth-order valence-electron chi connectivity index (χ4n) is 1.77. The van der Waals surface area contributed by atoms with E-state index in [1.165, 1.54) is 0 Å². The summed E-state index contributed by atoms with van der Waals surface area (Å²) in [6.07, 6.45) is -0.622. The van der Waals surface area contributed by atoms with E-state index in [2.05, 4.69) is 35.1 Å². The van der Waals surface area contributed by atoms with Crippen molar-refractivity contribution in [3.8, 4) is 5.75 Å². The monoisotopic (exact) mass is 345 g/mol. The fourth-order valence-corrected chi connectivity index (χ4v) is 2.29. The van der Waals surface area contributed by atoms with Crippen LogP contribution in [0.15, 0.2) is 22.7 Å². The van der Waals surface area contributed by atoms with Crippen LogP contribution in [-0.4, -0.2) is 38.1 Å². The van der Waals surface area contributed by atoms with E-state index >= 15 is 0 Å². The SMILES string of the molecule is COCC(O)COc1c(Br)cccc1CNCC(C)C. The zero-order chi connectivity index (χ0) is 15.0. The first-order valence-corrected chi connectivity index (χ1v) is 7.61. The molecule has 4 nitrogen and oxygen atoms in total. The van der Waals surface area contributed by atoms with Gasteiger partial charge in [-0.1, -0.05) is 26.0 Å². The molecular formula is C15H24BrNO3. The minimum absolute atomic E-state index is 0.216. The van der Waals surface area contributed by atoms with E-state index in [4.69, 9.17) is 9.47 Å². The third kappa shape index (κ3) is 6.22. The van der Waals surface area contributed by atoms with Crippen molar-refractivity contribution in [2.45, 2.75) is 26.5 Å². The van der Waals surface area contributed by atoms with Crippen LogP contribution in [0, 0.1) is 5.92 Å². The van der Waals surface area contributed by atoms with Gasteiger partial charge in [0, 0.05) is 19.2 Å². The number of benzene rings is 1. The van der Waals surface area contributed by atoms with E-state index in [9.17, 15) is 5.11 Å². The van der Waals surface area contributed by atoms with Gasteiger partial charge in [-0.05, 0) is 34.5 Å². The molecule has 0 aliphatic rings. The summed E-state index contributed by atoms with van der Waals surface area (Å²) < 4.78 is 11.5. The molecule has 114 valence electrons. The highest BCUT2D eigenvalue weighted by Crippen LogP contribution is 2.29. The summed E-state index contributed by atoms with van der Waals surface area (Å²) in [7, 11) is 1.56. The number of hydrogen-bond acceptors (Lipinski definition) is 4. The number of aliphatic hydroxyl groups is 1. The van der Waals surface area contributed by atoms with Crippen LogP contribution in [0.1, 0.15) is 19.4 Å². The average molecular weight is 346 g/mol. The molecule has 0 aliphatic carbocycles. The third-order valence-electron chi connectivity index (χ3n) is 2.70. The molecule has 0 aromatic heterocycles. The molecule has 1 rings (SSSR count). The minimum atomic E-state index is -0.622. The van der Waals surface area contributed by atoms with E-state index < -0.39 is 6.10 Å². The quantitative estimate of drug-likeness (QED) is 0.722. The number of rotatable bonds is 9. The van der Waals surface area contributed by atoms with Crippen LogP contribution < -0.4 is 10.1 Å². The molecule has 0 saturated carbocycles. The molecule has 1 atom stereocenters. The van der Waals surface area contributed by atoms with Crippen LogP contribution in [0.2, 0.25) is 0 Å². The maximum Gasteiger partial charge on any atom is 0.138 e. The summed E-state index contributed by atoms with van der Waals surface area (Å²) in [5.41, 5.74) is 1.07. The second-order valence-electron chi connectivity index (χ2n) is 5.17. The lowest BCUT2D eigenvalue weighted by atomic mass is 10.2. The molecule has 1 aromatic rings. The number of halogens is 1. The van der Waals surface area contributed by atoms with E-state index in [1.807, 2.05) is 18.2 Å². The highest BCUT2D eigenvalue weighted by atomic mass is 79.9. The molecule has 0 fully saturated rings. The lowest BCUT2D eigenvalue weighted by molar-refractivity contribution is 0.0321. The minimum Gasteiger partial charge on any atom is -0.489 e. The number of nitrogens with one attached hydrogen (secondary N) is 1.